The minimum atomic E-state index is -0.337. The van der Waals surface area contributed by atoms with Gasteiger partial charge in [0, 0.05) is 24.9 Å². The number of methoxy groups -OCH3 is 2. The van der Waals surface area contributed by atoms with Crippen molar-refractivity contribution in [3.63, 3.8) is 0 Å². The zero-order valence-corrected chi connectivity index (χ0v) is 15.1. The van der Waals surface area contributed by atoms with E-state index >= 15 is 0 Å². The average molecular weight is 374 g/mol. The normalized spacial score (nSPS) is 11.4. The first kappa shape index (κ1) is 16.5. The highest BCUT2D eigenvalue weighted by Crippen LogP contribution is 2.34. The number of nitrogens with zero attached hydrogens (tertiary/aromatic N) is 3. The van der Waals surface area contributed by atoms with Crippen LogP contribution >= 0.6 is 11.6 Å². The lowest BCUT2D eigenvalue weighted by Gasteiger charge is -2.06. The third-order valence-electron chi connectivity index (χ3n) is 4.21. The molecule has 0 atom stereocenters. The minimum absolute atomic E-state index is 0.245. The number of hydrogen-bond donors (Lipinski definition) is 2. The largest absolute Gasteiger partial charge is 0.493 e. The number of hydrogen-bond acceptors (Lipinski definition) is 5. The van der Waals surface area contributed by atoms with Gasteiger partial charge in [-0.05, 0) is 6.92 Å². The predicted octanol–water partition coefficient (Wildman–Crippen LogP) is 2.96. The molecule has 2 N–H and O–H groups in total. The van der Waals surface area contributed by atoms with Crippen LogP contribution in [0.4, 0.5) is 0 Å². The molecule has 0 amide bonds. The molecule has 0 fully saturated rings. The number of fused-ring (bicyclic) bond motifs is 2. The number of rotatable bonds is 4. The number of H-pyrrole nitrogens is 2. The zero-order valence-electron chi connectivity index (χ0n) is 14.4. The topological polar surface area (TPSA) is 97.8 Å². The number of pyridine rings is 1. The second-order valence-corrected chi connectivity index (χ2v) is 6.08. The summed E-state index contributed by atoms with van der Waals surface area (Å²) in [6.07, 6.45) is 1.75. The van der Waals surface area contributed by atoms with Gasteiger partial charge in [-0.1, -0.05) is 11.6 Å². The summed E-state index contributed by atoms with van der Waals surface area (Å²) < 4.78 is 12.3. The number of imidazole rings is 1. The molecule has 0 saturated carbocycles. The summed E-state index contributed by atoms with van der Waals surface area (Å²) in [5.41, 5.74) is 2.36. The lowest BCUT2D eigenvalue weighted by atomic mass is 10.2. The van der Waals surface area contributed by atoms with E-state index in [9.17, 15) is 4.79 Å². The summed E-state index contributed by atoms with van der Waals surface area (Å²) >= 11 is 6.49. The highest BCUT2D eigenvalue weighted by molar-refractivity contribution is 6.37. The second kappa shape index (κ2) is 6.06. The number of benzene rings is 1. The Morgan fingerprint density at radius 2 is 1.88 bits per heavy atom. The van der Waals surface area contributed by atoms with Gasteiger partial charge in [0.1, 0.15) is 16.9 Å². The van der Waals surface area contributed by atoms with Gasteiger partial charge in [-0.25, -0.2) is 4.98 Å². The smallest absolute Gasteiger partial charge is 0.261 e. The van der Waals surface area contributed by atoms with Crippen molar-refractivity contribution < 1.29 is 9.47 Å². The molecule has 3 aromatic heterocycles. The fourth-order valence-corrected chi connectivity index (χ4v) is 3.22. The van der Waals surface area contributed by atoms with Crippen molar-refractivity contribution >= 4 is 33.7 Å². The highest BCUT2D eigenvalue weighted by atomic mass is 35.5. The van der Waals surface area contributed by atoms with Gasteiger partial charge in [0.15, 0.2) is 11.5 Å². The van der Waals surface area contributed by atoms with E-state index in [-0.39, 0.29) is 16.1 Å². The molecule has 0 aliphatic carbocycles. The maximum absolute atomic E-state index is 12.6. The lowest BCUT2D eigenvalue weighted by molar-refractivity contribution is 0.356. The fourth-order valence-electron chi connectivity index (χ4n) is 2.91. The highest BCUT2D eigenvalue weighted by Gasteiger charge is 2.19. The Bertz CT molecular complexity index is 1150. The summed E-state index contributed by atoms with van der Waals surface area (Å²) in [4.78, 5) is 23.0. The van der Waals surface area contributed by atoms with Gasteiger partial charge in [0.05, 0.1) is 35.8 Å². The molecule has 0 spiro atoms. The Balaban J connectivity index is 1.96. The molecule has 1 aromatic carbocycles. The number of aromatic nitrogens is 5. The van der Waals surface area contributed by atoms with E-state index in [1.807, 2.05) is 6.92 Å². The first-order valence-corrected chi connectivity index (χ1v) is 8.34. The SMILES string of the molecule is CCn1cc2[nH]c(=O)c(-c3nc4cc(OC)c(OC)cc4[nH]3)c(Cl)c2n1. The van der Waals surface area contributed by atoms with E-state index in [0.29, 0.717) is 45.9 Å². The molecule has 8 nitrogen and oxygen atoms in total. The van der Waals surface area contributed by atoms with E-state index in [2.05, 4.69) is 20.1 Å². The standard InChI is InChI=1S/C17H16ClN5O3/c1-4-23-7-10-15(22-23)14(18)13(17(24)21-10)16-19-8-5-11(25-2)12(26-3)6-9(8)20-16/h5-7H,4H2,1-3H3,(H,19,20)(H,21,24). The molecule has 4 rings (SSSR count). The molecule has 3 heterocycles. The average Bonchev–Trinajstić information content (AvgIpc) is 3.23. The molecule has 26 heavy (non-hydrogen) atoms. The maximum Gasteiger partial charge on any atom is 0.261 e. The number of halogens is 1. The Kier molecular flexibility index (Phi) is 3.84. The van der Waals surface area contributed by atoms with Crippen molar-refractivity contribution in [2.24, 2.45) is 0 Å². The summed E-state index contributed by atoms with van der Waals surface area (Å²) in [6.45, 7) is 2.63. The summed E-state index contributed by atoms with van der Waals surface area (Å²) in [6, 6.07) is 3.50. The molecule has 0 aliphatic heterocycles. The Labute approximate surface area is 152 Å². The van der Waals surface area contributed by atoms with Crippen molar-refractivity contribution in [2.75, 3.05) is 14.2 Å². The van der Waals surface area contributed by atoms with Crippen LogP contribution in [-0.2, 0) is 6.54 Å². The second-order valence-electron chi connectivity index (χ2n) is 5.70. The Morgan fingerprint density at radius 1 is 1.15 bits per heavy atom. The third-order valence-corrected chi connectivity index (χ3v) is 4.58. The molecule has 0 saturated heterocycles. The molecule has 0 radical (unpaired) electrons. The van der Waals surface area contributed by atoms with Crippen LogP contribution < -0.4 is 15.0 Å². The van der Waals surface area contributed by atoms with Crippen LogP contribution in [0.25, 0.3) is 33.5 Å². The van der Waals surface area contributed by atoms with Crippen molar-refractivity contribution in [2.45, 2.75) is 13.5 Å². The van der Waals surface area contributed by atoms with E-state index in [1.54, 1.807) is 37.2 Å². The minimum Gasteiger partial charge on any atom is -0.493 e. The van der Waals surface area contributed by atoms with Crippen LogP contribution in [0.2, 0.25) is 5.02 Å². The fraction of sp³-hybridized carbons (Fsp3) is 0.235. The Morgan fingerprint density at radius 3 is 2.58 bits per heavy atom. The van der Waals surface area contributed by atoms with Crippen molar-refractivity contribution in [3.8, 4) is 22.9 Å². The van der Waals surface area contributed by atoms with Crippen molar-refractivity contribution in [1.82, 2.24) is 24.7 Å². The third kappa shape index (κ3) is 2.41. The number of ether oxygens (including phenoxy) is 2. The van der Waals surface area contributed by atoms with Crippen LogP contribution in [0.3, 0.4) is 0 Å². The molecule has 4 aromatic rings. The predicted molar refractivity (Wildman–Crippen MR) is 99.2 cm³/mol. The van der Waals surface area contributed by atoms with Gasteiger partial charge in [0.2, 0.25) is 0 Å². The maximum atomic E-state index is 12.6. The van der Waals surface area contributed by atoms with Crippen LogP contribution in [0, 0.1) is 0 Å². The van der Waals surface area contributed by atoms with E-state index in [1.165, 1.54) is 0 Å². The lowest BCUT2D eigenvalue weighted by Crippen LogP contribution is -2.10. The summed E-state index contributed by atoms with van der Waals surface area (Å²) in [5.74, 6) is 1.47. The summed E-state index contributed by atoms with van der Waals surface area (Å²) in [5, 5.41) is 4.66. The number of nitrogens with one attached hydrogen (secondary N) is 2. The number of aromatic amines is 2. The van der Waals surface area contributed by atoms with Gasteiger partial charge in [-0.15, -0.1) is 0 Å². The van der Waals surface area contributed by atoms with E-state index in [4.69, 9.17) is 21.1 Å². The Hall–Kier alpha value is -3.00. The van der Waals surface area contributed by atoms with Gasteiger partial charge >= 0.3 is 0 Å². The molecule has 0 unspecified atom stereocenters. The first-order chi connectivity index (χ1) is 12.5. The molecule has 134 valence electrons. The first-order valence-electron chi connectivity index (χ1n) is 7.96. The monoisotopic (exact) mass is 373 g/mol. The van der Waals surface area contributed by atoms with Gasteiger partial charge in [-0.3, -0.25) is 9.48 Å². The van der Waals surface area contributed by atoms with Gasteiger partial charge < -0.3 is 19.4 Å². The zero-order chi connectivity index (χ0) is 18.4. The number of aryl methyl sites for hydroxylation is 1. The van der Waals surface area contributed by atoms with Crippen molar-refractivity contribution in [1.29, 1.82) is 0 Å². The van der Waals surface area contributed by atoms with Gasteiger partial charge in [0.25, 0.3) is 5.56 Å². The van der Waals surface area contributed by atoms with Crippen molar-refractivity contribution in [3.05, 3.63) is 33.7 Å². The molecule has 9 heteroatoms. The molecule has 0 bridgehead atoms. The van der Waals surface area contributed by atoms with Gasteiger partial charge in [-0.2, -0.15) is 5.10 Å². The van der Waals surface area contributed by atoms with Crippen LogP contribution in [0.15, 0.2) is 23.1 Å². The molecular formula is C17H16ClN5O3. The van der Waals surface area contributed by atoms with Crippen LogP contribution in [0.5, 0.6) is 11.5 Å². The van der Waals surface area contributed by atoms with Crippen LogP contribution in [-0.4, -0.2) is 39.0 Å². The molecular weight excluding hydrogens is 358 g/mol. The molecule has 0 aliphatic rings. The summed E-state index contributed by atoms with van der Waals surface area (Å²) in [7, 11) is 3.11. The van der Waals surface area contributed by atoms with E-state index in [0.717, 1.165) is 0 Å². The van der Waals surface area contributed by atoms with Crippen LogP contribution in [0.1, 0.15) is 6.92 Å². The quantitative estimate of drug-likeness (QED) is 0.573. The van der Waals surface area contributed by atoms with E-state index < -0.39 is 0 Å².